The van der Waals surface area contributed by atoms with Crippen LogP contribution in [0.1, 0.15) is 32.4 Å². The summed E-state index contributed by atoms with van der Waals surface area (Å²) in [4.78, 5) is 30.2. The number of carbonyl (C=O) groups is 2. The van der Waals surface area contributed by atoms with E-state index in [1.54, 1.807) is 0 Å². The lowest BCUT2D eigenvalue weighted by Crippen LogP contribution is -2.26. The molecule has 1 aliphatic rings. The highest BCUT2D eigenvalue weighted by molar-refractivity contribution is 6.35. The first-order chi connectivity index (χ1) is 18.7. The molecule has 0 fully saturated rings. The Balaban J connectivity index is 1.55. The van der Waals surface area contributed by atoms with E-state index in [9.17, 15) is 31.5 Å². The molecule has 1 aliphatic heterocycles. The van der Waals surface area contributed by atoms with Crippen LogP contribution in [0.4, 0.5) is 27.6 Å². The average molecular weight is 606 g/mol. The molecule has 0 atom stereocenters. The van der Waals surface area contributed by atoms with Gasteiger partial charge in [-0.15, -0.1) is 19.0 Å². The number of anilines is 1. The summed E-state index contributed by atoms with van der Waals surface area (Å²) in [6.07, 6.45) is -7.67. The van der Waals surface area contributed by atoms with Crippen LogP contribution in [0.3, 0.4) is 0 Å². The van der Waals surface area contributed by atoms with Crippen molar-refractivity contribution in [3.63, 3.8) is 0 Å². The predicted octanol–water partition coefficient (Wildman–Crippen LogP) is 3.30. The molecule has 5 rings (SSSR count). The fourth-order valence-corrected chi connectivity index (χ4v) is 3.96. The summed E-state index contributed by atoms with van der Waals surface area (Å²) >= 11 is 12.3. The van der Waals surface area contributed by atoms with Crippen LogP contribution in [0.15, 0.2) is 30.5 Å². The van der Waals surface area contributed by atoms with E-state index in [0.29, 0.717) is 4.80 Å². The summed E-state index contributed by atoms with van der Waals surface area (Å²) in [6, 6.07) is 4.89. The first-order valence-corrected chi connectivity index (χ1v) is 11.3. The van der Waals surface area contributed by atoms with Gasteiger partial charge in [0.15, 0.2) is 17.3 Å². The third-order valence-electron chi connectivity index (χ3n) is 5.07. The lowest BCUT2D eigenvalue weighted by Gasteiger charge is -2.14. The van der Waals surface area contributed by atoms with E-state index in [0.717, 1.165) is 16.8 Å². The maximum absolute atomic E-state index is 13.7. The molecule has 0 spiro atoms. The Bertz CT molecular complexity index is 1670. The summed E-state index contributed by atoms with van der Waals surface area (Å²) in [5.74, 6) is -5.28. The van der Waals surface area contributed by atoms with Crippen molar-refractivity contribution in [2.24, 2.45) is 5.73 Å². The number of aromatic nitrogens is 7. The van der Waals surface area contributed by atoms with Crippen molar-refractivity contribution in [3.8, 4) is 17.3 Å². The molecule has 4 aromatic rings. The number of pyridine rings is 1. The van der Waals surface area contributed by atoms with Crippen LogP contribution in [0.5, 0.6) is 11.5 Å². The number of hydrogen-bond donors (Lipinski definition) is 2. The smallest absolute Gasteiger partial charge is 0.395 e. The first kappa shape index (κ1) is 27.0. The molecular weight excluding hydrogens is 596 g/mol. The monoisotopic (exact) mass is 605 g/mol. The van der Waals surface area contributed by atoms with Gasteiger partial charge in [-0.1, -0.05) is 23.2 Å². The number of benzene rings is 1. The number of tetrazole rings is 1. The molecule has 0 aliphatic carbocycles. The zero-order valence-corrected chi connectivity index (χ0v) is 20.6. The third-order valence-corrected chi connectivity index (χ3v) is 5.67. The molecule has 0 radical (unpaired) electrons. The van der Waals surface area contributed by atoms with Crippen molar-refractivity contribution in [2.45, 2.75) is 19.0 Å². The minimum atomic E-state index is -4.85. The maximum atomic E-state index is 13.7. The van der Waals surface area contributed by atoms with E-state index in [4.69, 9.17) is 28.9 Å². The maximum Gasteiger partial charge on any atom is 0.586 e. The number of alkyl halides is 5. The van der Waals surface area contributed by atoms with E-state index >= 15 is 0 Å². The highest BCUT2D eigenvalue weighted by Gasteiger charge is 2.46. The molecule has 13 nitrogen and oxygen atoms in total. The SMILES string of the molecule is NC(=O)c1c(NC(=O)c2cc(Cn3nnc(C(F)(F)F)n3)nn2-c2ncccc2Cl)c(Cl)cc2c1OC(F)(F)O2. The van der Waals surface area contributed by atoms with Gasteiger partial charge in [-0.05, 0) is 23.4 Å². The molecule has 3 aromatic heterocycles. The van der Waals surface area contributed by atoms with Gasteiger partial charge < -0.3 is 20.5 Å². The molecule has 0 bridgehead atoms. The van der Waals surface area contributed by atoms with Gasteiger partial charge in [0.25, 0.3) is 17.6 Å². The highest BCUT2D eigenvalue weighted by atomic mass is 35.5. The second-order valence-electron chi connectivity index (χ2n) is 7.80. The van der Waals surface area contributed by atoms with Crippen LogP contribution in [-0.2, 0) is 12.7 Å². The zero-order chi connectivity index (χ0) is 29.0. The van der Waals surface area contributed by atoms with Gasteiger partial charge in [-0.2, -0.15) is 23.1 Å². The minimum absolute atomic E-state index is 0.0191. The Labute approximate surface area is 227 Å². The van der Waals surface area contributed by atoms with Gasteiger partial charge in [0.1, 0.15) is 17.8 Å². The largest absolute Gasteiger partial charge is 0.586 e. The molecule has 0 saturated heterocycles. The summed E-state index contributed by atoms with van der Waals surface area (Å²) in [7, 11) is 0. The van der Waals surface area contributed by atoms with Crippen LogP contribution in [0, 0.1) is 0 Å². The van der Waals surface area contributed by atoms with Crippen LogP contribution in [0.25, 0.3) is 5.82 Å². The number of nitrogens with one attached hydrogen (secondary N) is 1. The minimum Gasteiger partial charge on any atom is -0.395 e. The number of nitrogens with zero attached hydrogens (tertiary/aromatic N) is 7. The molecular formula is C20H10Cl2F5N9O4. The van der Waals surface area contributed by atoms with Gasteiger partial charge in [-0.25, -0.2) is 9.67 Å². The van der Waals surface area contributed by atoms with Crippen LogP contribution in [0.2, 0.25) is 10.0 Å². The number of fused-ring (bicyclic) bond motifs is 1. The number of amides is 2. The number of primary amides is 1. The first-order valence-electron chi connectivity index (χ1n) is 10.5. The molecule has 20 heteroatoms. The Morgan fingerprint density at radius 2 is 1.88 bits per heavy atom. The lowest BCUT2D eigenvalue weighted by molar-refractivity contribution is -0.286. The molecule has 2 amide bonds. The van der Waals surface area contributed by atoms with E-state index in [2.05, 4.69) is 40.3 Å². The Hall–Kier alpha value is -4.58. The molecule has 208 valence electrons. The number of carbonyl (C=O) groups excluding carboxylic acids is 2. The fraction of sp³-hybridized carbons (Fsp3) is 0.150. The third kappa shape index (κ3) is 5.05. The number of halogens is 7. The summed E-state index contributed by atoms with van der Waals surface area (Å²) in [6.45, 7) is -0.479. The van der Waals surface area contributed by atoms with E-state index in [1.807, 2.05) is 0 Å². The topological polar surface area (TPSA) is 165 Å². The number of rotatable bonds is 6. The van der Waals surface area contributed by atoms with Crippen molar-refractivity contribution >= 4 is 40.7 Å². The Kier molecular flexibility index (Phi) is 6.45. The van der Waals surface area contributed by atoms with Crippen molar-refractivity contribution in [1.29, 1.82) is 0 Å². The number of hydrogen-bond acceptors (Lipinski definition) is 9. The molecule has 4 heterocycles. The van der Waals surface area contributed by atoms with Gasteiger partial charge in [0.2, 0.25) is 0 Å². The quantitative estimate of drug-likeness (QED) is 0.314. The standard InChI is InChI=1S/C20H10Cl2F5N9O4/c21-8-2-1-3-29-16(8)36-10(4-7(32-36)6-35-33-18(31-34-35)19(23,24)25)17(38)30-13-9(22)5-11-14(12(13)15(28)37)40-20(26,27)39-11/h1-5H,6H2,(H2,28,37)(H,30,38). The predicted molar refractivity (Wildman–Crippen MR) is 122 cm³/mol. The van der Waals surface area contributed by atoms with Crippen LogP contribution in [-0.4, -0.2) is 53.1 Å². The Morgan fingerprint density at radius 3 is 2.52 bits per heavy atom. The normalized spacial score (nSPS) is 13.9. The van der Waals surface area contributed by atoms with Crippen LogP contribution < -0.4 is 20.5 Å². The molecule has 1 aromatic carbocycles. The van der Waals surface area contributed by atoms with Crippen molar-refractivity contribution in [2.75, 3.05) is 5.32 Å². The van der Waals surface area contributed by atoms with Crippen molar-refractivity contribution < 1.29 is 41.0 Å². The highest BCUT2D eigenvalue weighted by Crippen LogP contribution is 2.48. The number of nitrogens with two attached hydrogens (primary N) is 1. The molecule has 3 N–H and O–H groups in total. The summed E-state index contributed by atoms with van der Waals surface area (Å²) in [5.41, 5.74) is 3.74. The van der Waals surface area contributed by atoms with E-state index in [1.165, 1.54) is 18.3 Å². The molecule has 40 heavy (non-hydrogen) atoms. The molecule has 0 saturated carbocycles. The second-order valence-corrected chi connectivity index (χ2v) is 8.62. The van der Waals surface area contributed by atoms with Crippen LogP contribution >= 0.6 is 23.2 Å². The lowest BCUT2D eigenvalue weighted by atomic mass is 10.1. The van der Waals surface area contributed by atoms with Gasteiger partial charge in [0, 0.05) is 12.3 Å². The number of ether oxygens (including phenoxy) is 2. The second kappa shape index (κ2) is 9.56. The van der Waals surface area contributed by atoms with Gasteiger partial charge in [0.05, 0.1) is 21.4 Å². The zero-order valence-electron chi connectivity index (χ0n) is 19.1. The van der Waals surface area contributed by atoms with Gasteiger partial charge in [-0.3, -0.25) is 9.59 Å². The van der Waals surface area contributed by atoms with E-state index in [-0.39, 0.29) is 22.2 Å². The van der Waals surface area contributed by atoms with E-state index < -0.39 is 64.4 Å². The molecule has 0 unspecified atom stereocenters. The van der Waals surface area contributed by atoms with Crippen molar-refractivity contribution in [1.82, 2.24) is 35.0 Å². The summed E-state index contributed by atoms with van der Waals surface area (Å²) < 4.78 is 75.5. The fourth-order valence-electron chi connectivity index (χ4n) is 3.52. The summed E-state index contributed by atoms with van der Waals surface area (Å²) in [5, 5.41) is 15.5. The Morgan fingerprint density at radius 1 is 1.12 bits per heavy atom. The van der Waals surface area contributed by atoms with Gasteiger partial charge >= 0.3 is 12.5 Å². The average Bonchev–Trinajstić information content (AvgIpc) is 3.56. The van der Waals surface area contributed by atoms with Crippen molar-refractivity contribution in [3.05, 3.63) is 63.3 Å².